The van der Waals surface area contributed by atoms with Crippen molar-refractivity contribution < 1.29 is 14.3 Å². The first kappa shape index (κ1) is 14.5. The third-order valence-corrected chi connectivity index (χ3v) is 3.03. The molecule has 1 fully saturated rings. The quantitative estimate of drug-likeness (QED) is 0.716. The molecule has 1 aliphatic heterocycles. The van der Waals surface area contributed by atoms with Crippen molar-refractivity contribution in [2.45, 2.75) is 46.1 Å². The Kier molecular flexibility index (Phi) is 4.00. The second kappa shape index (κ2) is 4.97. The van der Waals surface area contributed by atoms with Gasteiger partial charge in [0.05, 0.1) is 6.07 Å². The Bertz CT molecular complexity index is 392. The monoisotopic (exact) mass is 252 g/mol. The molecule has 1 saturated heterocycles. The van der Waals surface area contributed by atoms with Crippen molar-refractivity contribution in [2.24, 2.45) is 5.41 Å². The number of carbonyl (C=O) groups excluding carboxylic acids is 2. The average molecular weight is 252 g/mol. The van der Waals surface area contributed by atoms with Gasteiger partial charge in [0, 0.05) is 13.1 Å². The zero-order chi connectivity index (χ0) is 14.0. The third kappa shape index (κ3) is 3.22. The largest absolute Gasteiger partial charge is 0.444 e. The predicted molar refractivity (Wildman–Crippen MR) is 65.8 cm³/mol. The Morgan fingerprint density at radius 2 is 2.00 bits per heavy atom. The second-order valence-corrected chi connectivity index (χ2v) is 5.76. The van der Waals surface area contributed by atoms with E-state index in [9.17, 15) is 14.9 Å². The van der Waals surface area contributed by atoms with Crippen LogP contribution in [0.5, 0.6) is 0 Å². The number of piperidine rings is 1. The van der Waals surface area contributed by atoms with Crippen molar-refractivity contribution >= 4 is 11.9 Å². The molecule has 1 aliphatic rings. The maximum atomic E-state index is 11.9. The topological polar surface area (TPSA) is 70.4 Å². The summed E-state index contributed by atoms with van der Waals surface area (Å²) in [4.78, 5) is 25.0. The molecule has 0 aliphatic carbocycles. The van der Waals surface area contributed by atoms with Crippen molar-refractivity contribution in [1.82, 2.24) is 4.90 Å². The van der Waals surface area contributed by atoms with Crippen LogP contribution in [0.25, 0.3) is 0 Å². The van der Waals surface area contributed by atoms with Gasteiger partial charge < -0.3 is 9.64 Å². The fourth-order valence-electron chi connectivity index (χ4n) is 2.00. The minimum absolute atomic E-state index is 0.133. The molecule has 1 unspecified atom stereocenters. The highest BCUT2D eigenvalue weighted by molar-refractivity contribution is 5.86. The summed E-state index contributed by atoms with van der Waals surface area (Å²) >= 11 is 0. The SMILES string of the molecule is CC(=O)C1(C#N)CCCN(C(=O)OC(C)(C)C)C1. The second-order valence-electron chi connectivity index (χ2n) is 5.76. The minimum Gasteiger partial charge on any atom is -0.444 e. The highest BCUT2D eigenvalue weighted by atomic mass is 16.6. The lowest BCUT2D eigenvalue weighted by atomic mass is 9.78. The van der Waals surface area contributed by atoms with Gasteiger partial charge in [0.25, 0.3) is 0 Å². The lowest BCUT2D eigenvalue weighted by Gasteiger charge is -2.37. The summed E-state index contributed by atoms with van der Waals surface area (Å²) in [5.74, 6) is -0.182. The van der Waals surface area contributed by atoms with E-state index in [4.69, 9.17) is 4.74 Å². The average Bonchev–Trinajstić information content (AvgIpc) is 2.26. The van der Waals surface area contributed by atoms with Gasteiger partial charge in [-0.25, -0.2) is 4.79 Å². The van der Waals surface area contributed by atoms with Gasteiger partial charge in [0.15, 0.2) is 5.78 Å². The standard InChI is InChI=1S/C13H20N2O3/c1-10(16)13(8-14)6-5-7-15(9-13)11(17)18-12(2,3)4/h5-7,9H2,1-4H3. The summed E-state index contributed by atoms with van der Waals surface area (Å²) < 4.78 is 5.26. The van der Waals surface area contributed by atoms with Crippen molar-refractivity contribution in [3.8, 4) is 6.07 Å². The van der Waals surface area contributed by atoms with E-state index in [1.807, 2.05) is 0 Å². The molecule has 0 aromatic rings. The van der Waals surface area contributed by atoms with E-state index >= 15 is 0 Å². The third-order valence-electron chi connectivity index (χ3n) is 3.03. The van der Waals surface area contributed by atoms with Crippen molar-refractivity contribution in [3.63, 3.8) is 0 Å². The number of nitrogens with zero attached hydrogens (tertiary/aromatic N) is 2. The van der Waals surface area contributed by atoms with Gasteiger partial charge in [0.2, 0.25) is 0 Å². The molecule has 0 radical (unpaired) electrons. The van der Waals surface area contributed by atoms with Crippen LogP contribution in [0.2, 0.25) is 0 Å². The van der Waals surface area contributed by atoms with Crippen LogP contribution in [-0.2, 0) is 9.53 Å². The Labute approximate surface area is 108 Å². The van der Waals surface area contributed by atoms with E-state index in [2.05, 4.69) is 6.07 Å². The predicted octanol–water partition coefficient (Wildman–Crippen LogP) is 2.12. The molecule has 0 N–H and O–H groups in total. The number of rotatable bonds is 1. The van der Waals surface area contributed by atoms with Gasteiger partial charge in [-0.2, -0.15) is 5.26 Å². The van der Waals surface area contributed by atoms with Crippen LogP contribution in [0, 0.1) is 16.7 Å². The molecule has 0 aromatic carbocycles. The van der Waals surface area contributed by atoms with E-state index < -0.39 is 17.1 Å². The summed E-state index contributed by atoms with van der Waals surface area (Å²) in [6, 6.07) is 2.07. The summed E-state index contributed by atoms with van der Waals surface area (Å²) in [5.41, 5.74) is -1.63. The van der Waals surface area contributed by atoms with Gasteiger partial charge in [-0.15, -0.1) is 0 Å². The van der Waals surface area contributed by atoms with Crippen molar-refractivity contribution in [3.05, 3.63) is 0 Å². The first-order chi connectivity index (χ1) is 8.20. The number of likely N-dealkylation sites (tertiary alicyclic amines) is 1. The van der Waals surface area contributed by atoms with Gasteiger partial charge in [0.1, 0.15) is 11.0 Å². The van der Waals surface area contributed by atoms with Gasteiger partial charge >= 0.3 is 6.09 Å². The van der Waals surface area contributed by atoms with Gasteiger partial charge in [-0.05, 0) is 40.5 Å². The molecular formula is C13H20N2O3. The molecule has 0 bridgehead atoms. The van der Waals surface area contributed by atoms with Crippen LogP contribution >= 0.6 is 0 Å². The maximum Gasteiger partial charge on any atom is 0.410 e. The molecule has 1 heterocycles. The Morgan fingerprint density at radius 1 is 1.39 bits per heavy atom. The lowest BCUT2D eigenvalue weighted by molar-refractivity contribution is -0.125. The normalized spacial score (nSPS) is 24.3. The van der Waals surface area contributed by atoms with E-state index in [0.717, 1.165) is 0 Å². The van der Waals surface area contributed by atoms with Crippen LogP contribution in [0.15, 0.2) is 0 Å². The number of ether oxygens (including phenoxy) is 1. The molecule has 0 saturated carbocycles. The molecule has 0 aromatic heterocycles. The summed E-state index contributed by atoms with van der Waals surface area (Å²) in [6.07, 6.45) is 0.702. The van der Waals surface area contributed by atoms with E-state index in [-0.39, 0.29) is 12.3 Å². The Hall–Kier alpha value is -1.57. The zero-order valence-electron chi connectivity index (χ0n) is 11.4. The molecule has 100 valence electrons. The first-order valence-corrected chi connectivity index (χ1v) is 6.10. The summed E-state index contributed by atoms with van der Waals surface area (Å²) in [6.45, 7) is 7.44. The molecule has 1 rings (SSSR count). The maximum absolute atomic E-state index is 11.9. The number of hydrogen-bond acceptors (Lipinski definition) is 4. The highest BCUT2D eigenvalue weighted by Crippen LogP contribution is 2.31. The smallest absolute Gasteiger partial charge is 0.410 e. The fraction of sp³-hybridized carbons (Fsp3) is 0.769. The molecule has 18 heavy (non-hydrogen) atoms. The van der Waals surface area contributed by atoms with Crippen molar-refractivity contribution in [1.29, 1.82) is 5.26 Å². The van der Waals surface area contributed by atoms with Crippen LogP contribution in [0.4, 0.5) is 4.79 Å². The number of Topliss-reactive ketones (excluding diaryl/α,β-unsaturated/α-hetero) is 1. The fourth-order valence-corrected chi connectivity index (χ4v) is 2.00. The van der Waals surface area contributed by atoms with Crippen LogP contribution < -0.4 is 0 Å². The molecule has 0 spiro atoms. The number of ketones is 1. The first-order valence-electron chi connectivity index (χ1n) is 6.10. The lowest BCUT2D eigenvalue weighted by Crippen LogP contribution is -2.49. The van der Waals surface area contributed by atoms with Gasteiger partial charge in [-0.3, -0.25) is 4.79 Å². The van der Waals surface area contributed by atoms with E-state index in [1.165, 1.54) is 11.8 Å². The number of amides is 1. The van der Waals surface area contributed by atoms with Crippen molar-refractivity contribution in [2.75, 3.05) is 13.1 Å². The van der Waals surface area contributed by atoms with Crippen LogP contribution in [0.1, 0.15) is 40.5 Å². The van der Waals surface area contributed by atoms with E-state index in [1.54, 1.807) is 20.8 Å². The summed E-state index contributed by atoms with van der Waals surface area (Å²) in [7, 11) is 0. The number of carbonyl (C=O) groups is 2. The molecule has 5 nitrogen and oxygen atoms in total. The Balaban J connectivity index is 2.79. The van der Waals surface area contributed by atoms with Crippen LogP contribution in [-0.4, -0.2) is 35.5 Å². The van der Waals surface area contributed by atoms with E-state index in [0.29, 0.717) is 19.4 Å². The van der Waals surface area contributed by atoms with Gasteiger partial charge in [-0.1, -0.05) is 0 Å². The molecule has 5 heteroatoms. The number of hydrogen-bond donors (Lipinski definition) is 0. The van der Waals surface area contributed by atoms with Crippen LogP contribution in [0.3, 0.4) is 0 Å². The minimum atomic E-state index is -1.06. The molecule has 1 atom stereocenters. The molecular weight excluding hydrogens is 232 g/mol. The number of nitriles is 1. The zero-order valence-corrected chi connectivity index (χ0v) is 11.4. The Morgan fingerprint density at radius 3 is 2.44 bits per heavy atom. The summed E-state index contributed by atoms with van der Waals surface area (Å²) in [5, 5.41) is 9.19. The highest BCUT2D eigenvalue weighted by Gasteiger charge is 2.42. The molecule has 1 amide bonds.